The Labute approximate surface area is 125 Å². The van der Waals surface area contributed by atoms with Gasteiger partial charge in [-0.1, -0.05) is 0 Å². The molecule has 0 atom stereocenters. The SMILES string of the molecule is Cc1cc(CNc2nc(N)nc(-n3cncn3)n2)sc1C. The molecule has 108 valence electrons. The summed E-state index contributed by atoms with van der Waals surface area (Å²) in [6.45, 7) is 4.84. The molecule has 0 aromatic carbocycles. The van der Waals surface area contributed by atoms with Gasteiger partial charge in [0.25, 0.3) is 5.95 Å². The van der Waals surface area contributed by atoms with E-state index in [9.17, 15) is 0 Å². The second-order valence-electron chi connectivity index (χ2n) is 4.46. The summed E-state index contributed by atoms with van der Waals surface area (Å²) < 4.78 is 1.43. The average molecular weight is 302 g/mol. The molecule has 9 heteroatoms. The molecule has 0 bridgehead atoms. The van der Waals surface area contributed by atoms with E-state index >= 15 is 0 Å². The van der Waals surface area contributed by atoms with E-state index in [1.54, 1.807) is 11.3 Å². The summed E-state index contributed by atoms with van der Waals surface area (Å²) >= 11 is 1.75. The number of hydrogen-bond acceptors (Lipinski definition) is 8. The zero-order valence-corrected chi connectivity index (χ0v) is 12.4. The molecule has 0 amide bonds. The van der Waals surface area contributed by atoms with Crippen molar-refractivity contribution in [1.29, 1.82) is 0 Å². The molecule has 8 nitrogen and oxygen atoms in total. The lowest BCUT2D eigenvalue weighted by Crippen LogP contribution is -2.11. The fourth-order valence-electron chi connectivity index (χ4n) is 1.78. The van der Waals surface area contributed by atoms with Gasteiger partial charge in [-0.25, -0.2) is 4.98 Å². The van der Waals surface area contributed by atoms with Crippen LogP contribution in [0.15, 0.2) is 18.7 Å². The van der Waals surface area contributed by atoms with Gasteiger partial charge in [0, 0.05) is 9.75 Å². The fourth-order valence-corrected chi connectivity index (χ4v) is 2.77. The van der Waals surface area contributed by atoms with E-state index in [4.69, 9.17) is 5.73 Å². The van der Waals surface area contributed by atoms with Gasteiger partial charge in [-0.15, -0.1) is 11.3 Å². The maximum Gasteiger partial charge on any atom is 0.258 e. The zero-order valence-electron chi connectivity index (χ0n) is 11.6. The van der Waals surface area contributed by atoms with Gasteiger partial charge in [-0.05, 0) is 25.5 Å². The van der Waals surface area contributed by atoms with Gasteiger partial charge in [0.2, 0.25) is 11.9 Å². The number of nitrogen functional groups attached to an aromatic ring is 1. The number of thiophene rings is 1. The van der Waals surface area contributed by atoms with Crippen molar-refractivity contribution in [3.05, 3.63) is 34.0 Å². The van der Waals surface area contributed by atoms with E-state index < -0.39 is 0 Å². The van der Waals surface area contributed by atoms with E-state index in [1.807, 2.05) is 0 Å². The highest BCUT2D eigenvalue weighted by atomic mass is 32.1. The third-order valence-corrected chi connectivity index (χ3v) is 4.05. The fraction of sp³-hybridized carbons (Fsp3) is 0.250. The van der Waals surface area contributed by atoms with Crippen LogP contribution in [0.1, 0.15) is 15.3 Å². The lowest BCUT2D eigenvalue weighted by molar-refractivity contribution is 0.797. The first-order valence-corrected chi connectivity index (χ1v) is 7.10. The van der Waals surface area contributed by atoms with Gasteiger partial charge in [0.15, 0.2) is 0 Å². The molecular formula is C12H14N8S. The first-order chi connectivity index (χ1) is 10.1. The monoisotopic (exact) mass is 302 g/mol. The average Bonchev–Trinajstić information content (AvgIpc) is 3.07. The predicted octanol–water partition coefficient (Wildman–Crippen LogP) is 1.32. The van der Waals surface area contributed by atoms with Crippen molar-refractivity contribution in [2.45, 2.75) is 20.4 Å². The number of hydrogen-bond donors (Lipinski definition) is 2. The Kier molecular flexibility index (Phi) is 3.48. The van der Waals surface area contributed by atoms with Gasteiger partial charge >= 0.3 is 0 Å². The Morgan fingerprint density at radius 1 is 1.29 bits per heavy atom. The molecule has 0 aliphatic carbocycles. The van der Waals surface area contributed by atoms with Crippen LogP contribution in [0.25, 0.3) is 5.95 Å². The van der Waals surface area contributed by atoms with Gasteiger partial charge in [-0.3, -0.25) is 0 Å². The lowest BCUT2D eigenvalue weighted by Gasteiger charge is -2.05. The number of anilines is 2. The Balaban J connectivity index is 1.79. The van der Waals surface area contributed by atoms with Crippen LogP contribution in [0.4, 0.5) is 11.9 Å². The highest BCUT2D eigenvalue weighted by Crippen LogP contribution is 2.21. The molecule has 3 N–H and O–H groups in total. The normalized spacial score (nSPS) is 10.8. The summed E-state index contributed by atoms with van der Waals surface area (Å²) in [7, 11) is 0. The maximum atomic E-state index is 5.70. The topological polar surface area (TPSA) is 107 Å². The van der Waals surface area contributed by atoms with Crippen LogP contribution in [0, 0.1) is 13.8 Å². The molecule has 3 aromatic heterocycles. The summed E-state index contributed by atoms with van der Waals surface area (Å²) in [5, 5.41) is 7.12. The van der Waals surface area contributed by atoms with Crippen molar-refractivity contribution in [2.24, 2.45) is 0 Å². The minimum absolute atomic E-state index is 0.136. The Morgan fingerprint density at radius 3 is 2.81 bits per heavy atom. The molecule has 3 heterocycles. The van der Waals surface area contributed by atoms with Gasteiger partial charge in [-0.2, -0.15) is 24.7 Å². The molecule has 21 heavy (non-hydrogen) atoms. The zero-order chi connectivity index (χ0) is 14.8. The molecule has 3 rings (SSSR count). The number of nitrogens with two attached hydrogens (primary N) is 1. The summed E-state index contributed by atoms with van der Waals surface area (Å²) in [5.74, 6) is 0.884. The van der Waals surface area contributed by atoms with E-state index in [0.717, 1.165) is 0 Å². The molecule has 0 spiro atoms. The molecule has 0 saturated carbocycles. The quantitative estimate of drug-likeness (QED) is 0.748. The molecule has 0 aliphatic rings. The number of nitrogens with zero attached hydrogens (tertiary/aromatic N) is 6. The third kappa shape index (κ3) is 2.97. The van der Waals surface area contributed by atoms with Crippen LogP contribution in [-0.4, -0.2) is 29.7 Å². The maximum absolute atomic E-state index is 5.70. The molecule has 0 saturated heterocycles. The Hall–Kier alpha value is -2.55. The van der Waals surface area contributed by atoms with Crippen molar-refractivity contribution in [2.75, 3.05) is 11.1 Å². The van der Waals surface area contributed by atoms with Crippen LogP contribution in [0.5, 0.6) is 0 Å². The van der Waals surface area contributed by atoms with E-state index in [-0.39, 0.29) is 5.95 Å². The van der Waals surface area contributed by atoms with Crippen molar-refractivity contribution in [3.63, 3.8) is 0 Å². The summed E-state index contributed by atoms with van der Waals surface area (Å²) in [6.07, 6.45) is 2.91. The van der Waals surface area contributed by atoms with Gasteiger partial charge in [0.1, 0.15) is 12.7 Å². The van der Waals surface area contributed by atoms with Gasteiger partial charge in [0.05, 0.1) is 6.54 Å². The van der Waals surface area contributed by atoms with Crippen LogP contribution < -0.4 is 11.1 Å². The highest BCUT2D eigenvalue weighted by molar-refractivity contribution is 7.12. The van der Waals surface area contributed by atoms with Crippen molar-refractivity contribution >= 4 is 23.2 Å². The van der Waals surface area contributed by atoms with E-state index in [2.05, 4.69) is 50.3 Å². The minimum Gasteiger partial charge on any atom is -0.368 e. The minimum atomic E-state index is 0.136. The summed E-state index contributed by atoms with van der Waals surface area (Å²) in [5.41, 5.74) is 6.99. The smallest absolute Gasteiger partial charge is 0.258 e. The van der Waals surface area contributed by atoms with Crippen LogP contribution in [-0.2, 0) is 6.54 Å². The van der Waals surface area contributed by atoms with Crippen molar-refractivity contribution in [3.8, 4) is 5.95 Å². The largest absolute Gasteiger partial charge is 0.368 e. The molecule has 0 radical (unpaired) electrons. The standard InChI is InChI=1S/C12H14N8S/c1-7-3-9(21-8(7)2)4-15-11-17-10(13)18-12(19-11)20-6-14-5-16-20/h3,5-6H,4H2,1-2H3,(H3,13,15,17,18,19). The van der Waals surface area contributed by atoms with Crippen molar-refractivity contribution in [1.82, 2.24) is 29.7 Å². The molecule has 0 fully saturated rings. The van der Waals surface area contributed by atoms with Crippen molar-refractivity contribution < 1.29 is 0 Å². The number of nitrogens with one attached hydrogen (secondary N) is 1. The number of rotatable bonds is 4. The number of aryl methyl sites for hydroxylation is 2. The first-order valence-electron chi connectivity index (χ1n) is 6.28. The van der Waals surface area contributed by atoms with Gasteiger partial charge < -0.3 is 11.1 Å². The van der Waals surface area contributed by atoms with Crippen LogP contribution in [0.3, 0.4) is 0 Å². The third-order valence-electron chi connectivity index (χ3n) is 2.90. The lowest BCUT2D eigenvalue weighted by atomic mass is 10.3. The Morgan fingerprint density at radius 2 is 2.14 bits per heavy atom. The second kappa shape index (κ2) is 5.44. The van der Waals surface area contributed by atoms with Crippen LogP contribution >= 0.6 is 11.3 Å². The molecule has 0 unspecified atom stereocenters. The van der Waals surface area contributed by atoms with Crippen LogP contribution in [0.2, 0.25) is 0 Å². The molecule has 3 aromatic rings. The van der Waals surface area contributed by atoms with E-state index in [0.29, 0.717) is 18.4 Å². The predicted molar refractivity (Wildman–Crippen MR) is 80.3 cm³/mol. The summed E-state index contributed by atoms with van der Waals surface area (Å²) in [4.78, 5) is 18.8. The summed E-state index contributed by atoms with van der Waals surface area (Å²) in [6, 6.07) is 2.15. The Bertz CT molecular complexity index is 729. The highest BCUT2D eigenvalue weighted by Gasteiger charge is 2.08. The second-order valence-corrected chi connectivity index (χ2v) is 5.80. The molecule has 0 aliphatic heterocycles. The first kappa shape index (κ1) is 13.4. The molecular weight excluding hydrogens is 288 g/mol. The van der Waals surface area contributed by atoms with E-state index in [1.165, 1.54) is 32.7 Å². The number of aromatic nitrogens is 6.